The van der Waals surface area contributed by atoms with Gasteiger partial charge >= 0.3 is 5.97 Å². The molecule has 0 saturated heterocycles. The van der Waals surface area contributed by atoms with Gasteiger partial charge in [-0.25, -0.2) is 13.8 Å². The molecule has 1 aromatic heterocycles. The molecule has 0 bridgehead atoms. The number of hydrogen-bond acceptors (Lipinski definition) is 2. The van der Waals surface area contributed by atoms with Gasteiger partial charge < -0.3 is 9.67 Å². The summed E-state index contributed by atoms with van der Waals surface area (Å²) in [4.78, 5) is 14.4. The Hall–Kier alpha value is -1.98. The number of nitrogens with zero attached hydrogens (tertiary/aromatic N) is 2. The average molecular weight is 254 g/mol. The summed E-state index contributed by atoms with van der Waals surface area (Å²) < 4.78 is 28.5. The molecule has 4 nitrogen and oxygen atoms in total. The number of rotatable bonds is 4. The minimum atomic E-state index is -3.24. The maximum atomic E-state index is 13.4. The van der Waals surface area contributed by atoms with Gasteiger partial charge in [0, 0.05) is 13.5 Å². The third kappa shape index (κ3) is 2.64. The van der Waals surface area contributed by atoms with E-state index in [1.165, 1.54) is 0 Å². The molecule has 0 fully saturated rings. The summed E-state index contributed by atoms with van der Waals surface area (Å²) >= 11 is 0. The lowest BCUT2D eigenvalue weighted by atomic mass is 10.0. The third-order valence-electron chi connectivity index (χ3n) is 2.66. The van der Waals surface area contributed by atoms with Crippen LogP contribution in [0.3, 0.4) is 0 Å². The van der Waals surface area contributed by atoms with Crippen LogP contribution in [-0.4, -0.2) is 26.5 Å². The Morgan fingerprint density at radius 2 is 2.22 bits per heavy atom. The van der Waals surface area contributed by atoms with Gasteiger partial charge in [-0.05, 0) is 17.7 Å². The zero-order chi connectivity index (χ0) is 13.3. The Bertz CT molecular complexity index is 593. The summed E-state index contributed by atoms with van der Waals surface area (Å²) in [5.74, 6) is -4.74. The van der Waals surface area contributed by atoms with E-state index in [9.17, 15) is 13.6 Å². The highest BCUT2D eigenvalue weighted by Gasteiger charge is 2.32. The van der Waals surface area contributed by atoms with Gasteiger partial charge in [-0.15, -0.1) is 0 Å². The monoisotopic (exact) mass is 254 g/mol. The molecule has 0 saturated carbocycles. The predicted octanol–water partition coefficient (Wildman–Crippen LogP) is 2.23. The van der Waals surface area contributed by atoms with Crippen molar-refractivity contribution in [3.05, 3.63) is 30.1 Å². The minimum Gasteiger partial charge on any atom is -0.481 e. The number of carbonyl (C=O) groups is 1. The number of imidazole rings is 1. The van der Waals surface area contributed by atoms with E-state index in [1.807, 2.05) is 7.05 Å². The van der Waals surface area contributed by atoms with Gasteiger partial charge in [0.15, 0.2) is 0 Å². The maximum Gasteiger partial charge on any atom is 0.309 e. The van der Waals surface area contributed by atoms with Crippen LogP contribution in [0.5, 0.6) is 0 Å². The van der Waals surface area contributed by atoms with Gasteiger partial charge in [0.25, 0.3) is 5.92 Å². The third-order valence-corrected chi connectivity index (χ3v) is 2.66. The van der Waals surface area contributed by atoms with E-state index < -0.39 is 24.7 Å². The van der Waals surface area contributed by atoms with Crippen LogP contribution in [0.4, 0.5) is 8.78 Å². The first-order valence-corrected chi connectivity index (χ1v) is 5.37. The van der Waals surface area contributed by atoms with Crippen LogP contribution in [0, 0.1) is 0 Å². The number of hydrogen-bond donors (Lipinski definition) is 1. The summed E-state index contributed by atoms with van der Waals surface area (Å²) in [6, 6.07) is 4.83. The number of carboxylic acid groups (broad SMARTS) is 1. The molecule has 1 aromatic carbocycles. The van der Waals surface area contributed by atoms with E-state index in [2.05, 4.69) is 4.98 Å². The summed E-state index contributed by atoms with van der Waals surface area (Å²) in [6.07, 6.45) is -0.150. The first-order valence-electron chi connectivity index (χ1n) is 5.37. The average Bonchev–Trinajstić information content (AvgIpc) is 2.57. The maximum absolute atomic E-state index is 13.4. The SMILES string of the molecule is Cn1cnc2cc(CC(F)(F)CC(=O)O)ccc21. The molecule has 1 heterocycles. The fourth-order valence-electron chi connectivity index (χ4n) is 1.87. The van der Waals surface area contributed by atoms with Gasteiger partial charge in [0.1, 0.15) is 6.42 Å². The molecule has 0 aliphatic carbocycles. The van der Waals surface area contributed by atoms with Crippen molar-refractivity contribution in [1.29, 1.82) is 0 Å². The zero-order valence-electron chi connectivity index (χ0n) is 9.73. The highest BCUT2D eigenvalue weighted by atomic mass is 19.3. The van der Waals surface area contributed by atoms with Crippen molar-refractivity contribution in [2.45, 2.75) is 18.8 Å². The van der Waals surface area contributed by atoms with Crippen LogP contribution in [0.15, 0.2) is 24.5 Å². The minimum absolute atomic E-state index is 0.382. The number of carboxylic acids is 1. The molecule has 2 rings (SSSR count). The summed E-state index contributed by atoms with van der Waals surface area (Å²) in [5, 5.41) is 8.41. The Morgan fingerprint density at radius 1 is 1.50 bits per heavy atom. The molecule has 0 atom stereocenters. The van der Waals surface area contributed by atoms with E-state index in [0.29, 0.717) is 11.1 Å². The normalized spacial score (nSPS) is 11.9. The Kier molecular flexibility index (Phi) is 3.02. The molecule has 0 aliphatic heterocycles. The van der Waals surface area contributed by atoms with Crippen LogP contribution >= 0.6 is 0 Å². The first-order chi connectivity index (χ1) is 8.37. The molecule has 18 heavy (non-hydrogen) atoms. The van der Waals surface area contributed by atoms with Crippen molar-refractivity contribution in [1.82, 2.24) is 9.55 Å². The molecule has 96 valence electrons. The lowest BCUT2D eigenvalue weighted by Crippen LogP contribution is -2.23. The van der Waals surface area contributed by atoms with Crippen LogP contribution in [-0.2, 0) is 18.3 Å². The van der Waals surface area contributed by atoms with E-state index in [4.69, 9.17) is 5.11 Å². The molecule has 6 heteroatoms. The van der Waals surface area contributed by atoms with Gasteiger partial charge in [0.2, 0.25) is 0 Å². The highest BCUT2D eigenvalue weighted by Crippen LogP contribution is 2.25. The van der Waals surface area contributed by atoms with Gasteiger partial charge in [-0.1, -0.05) is 6.07 Å². The standard InChI is InChI=1S/C12H12F2N2O2/c1-16-7-15-9-4-8(2-3-10(9)16)5-12(13,14)6-11(17)18/h2-4,7H,5-6H2,1H3,(H,17,18). The number of benzene rings is 1. The topological polar surface area (TPSA) is 55.1 Å². The second kappa shape index (κ2) is 4.36. The Morgan fingerprint density at radius 3 is 2.89 bits per heavy atom. The Balaban J connectivity index is 2.24. The Labute approximate surface area is 102 Å². The molecular weight excluding hydrogens is 242 g/mol. The number of alkyl halides is 2. The summed E-state index contributed by atoms with van der Waals surface area (Å²) in [7, 11) is 1.81. The number of fused-ring (bicyclic) bond motifs is 1. The van der Waals surface area contributed by atoms with Crippen LogP contribution in [0.25, 0.3) is 11.0 Å². The molecular formula is C12H12F2N2O2. The molecule has 0 unspecified atom stereocenters. The van der Waals surface area contributed by atoms with Gasteiger partial charge in [0.05, 0.1) is 17.4 Å². The summed E-state index contributed by atoms with van der Waals surface area (Å²) in [6.45, 7) is 0. The molecule has 0 radical (unpaired) electrons. The van der Waals surface area contributed by atoms with E-state index in [0.717, 1.165) is 5.52 Å². The van der Waals surface area contributed by atoms with Crippen molar-refractivity contribution in [2.24, 2.45) is 7.05 Å². The lowest BCUT2D eigenvalue weighted by Gasteiger charge is -2.13. The number of halogens is 2. The smallest absolute Gasteiger partial charge is 0.309 e. The van der Waals surface area contributed by atoms with E-state index in [1.54, 1.807) is 29.1 Å². The van der Waals surface area contributed by atoms with Gasteiger partial charge in [-0.3, -0.25) is 4.79 Å². The number of aliphatic carboxylic acids is 1. The molecule has 0 amide bonds. The summed E-state index contributed by atoms with van der Waals surface area (Å²) in [5.41, 5.74) is 1.86. The fraction of sp³-hybridized carbons (Fsp3) is 0.333. The lowest BCUT2D eigenvalue weighted by molar-refractivity contribution is -0.144. The molecule has 1 N–H and O–H groups in total. The molecule has 0 aliphatic rings. The van der Waals surface area contributed by atoms with E-state index in [-0.39, 0.29) is 0 Å². The zero-order valence-corrected chi connectivity index (χ0v) is 9.73. The largest absolute Gasteiger partial charge is 0.481 e. The number of aromatic nitrogens is 2. The van der Waals surface area contributed by atoms with Crippen molar-refractivity contribution in [3.63, 3.8) is 0 Å². The van der Waals surface area contributed by atoms with E-state index >= 15 is 0 Å². The number of aryl methyl sites for hydroxylation is 1. The van der Waals surface area contributed by atoms with Crippen molar-refractivity contribution in [2.75, 3.05) is 0 Å². The van der Waals surface area contributed by atoms with Crippen LogP contribution < -0.4 is 0 Å². The van der Waals surface area contributed by atoms with Crippen molar-refractivity contribution < 1.29 is 18.7 Å². The second-order valence-electron chi connectivity index (χ2n) is 4.28. The first kappa shape index (κ1) is 12.5. The van der Waals surface area contributed by atoms with Crippen molar-refractivity contribution >= 4 is 17.0 Å². The predicted molar refractivity (Wildman–Crippen MR) is 61.6 cm³/mol. The fourth-order valence-corrected chi connectivity index (χ4v) is 1.87. The van der Waals surface area contributed by atoms with Crippen molar-refractivity contribution in [3.8, 4) is 0 Å². The second-order valence-corrected chi connectivity index (χ2v) is 4.28. The highest BCUT2D eigenvalue weighted by molar-refractivity contribution is 5.76. The quantitative estimate of drug-likeness (QED) is 0.910. The van der Waals surface area contributed by atoms with Gasteiger partial charge in [-0.2, -0.15) is 0 Å². The molecule has 2 aromatic rings. The van der Waals surface area contributed by atoms with Crippen LogP contribution in [0.1, 0.15) is 12.0 Å². The molecule has 0 spiro atoms. The van der Waals surface area contributed by atoms with Crippen LogP contribution in [0.2, 0.25) is 0 Å².